The number of carbonyl (C=O) groups excluding carboxylic acids is 4. The van der Waals surface area contributed by atoms with Crippen molar-refractivity contribution < 1.29 is 41.8 Å². The summed E-state index contributed by atoms with van der Waals surface area (Å²) in [6.07, 6.45) is -2.79. The number of hydrogen-bond acceptors (Lipinski definition) is 7. The Kier molecular flexibility index (Phi) is 10.7. The first-order valence-corrected chi connectivity index (χ1v) is 14.1. The molecule has 44 heavy (non-hydrogen) atoms. The molecule has 9 nitrogen and oxygen atoms in total. The van der Waals surface area contributed by atoms with Crippen molar-refractivity contribution >= 4 is 29.4 Å². The van der Waals surface area contributed by atoms with Gasteiger partial charge in [0.15, 0.2) is 0 Å². The summed E-state index contributed by atoms with van der Waals surface area (Å²) in [5.74, 6) is -3.96. The Morgan fingerprint density at radius 2 is 1.61 bits per heavy atom. The van der Waals surface area contributed by atoms with Crippen LogP contribution >= 0.6 is 0 Å². The lowest BCUT2D eigenvalue weighted by Gasteiger charge is -2.23. The molecule has 3 aromatic rings. The molecule has 3 aromatic carbocycles. The van der Waals surface area contributed by atoms with Gasteiger partial charge in [-0.15, -0.1) is 0 Å². The largest absolute Gasteiger partial charge is 0.491 e. The summed E-state index contributed by atoms with van der Waals surface area (Å²) >= 11 is 0. The van der Waals surface area contributed by atoms with Crippen molar-refractivity contribution in [2.24, 2.45) is 5.73 Å². The molecule has 2 amide bonds. The second-order valence-electron chi connectivity index (χ2n) is 10.2. The van der Waals surface area contributed by atoms with Crippen molar-refractivity contribution in [1.29, 1.82) is 0 Å². The van der Waals surface area contributed by atoms with Crippen molar-refractivity contribution in [3.63, 3.8) is 0 Å². The zero-order valence-electron chi connectivity index (χ0n) is 23.8. The van der Waals surface area contributed by atoms with Crippen LogP contribution in [0, 0.1) is 0 Å². The van der Waals surface area contributed by atoms with Crippen LogP contribution in [0.25, 0.3) is 0 Å². The summed E-state index contributed by atoms with van der Waals surface area (Å²) in [5, 5.41) is 0. The number of hydrogen-bond donors (Lipinski definition) is 1. The van der Waals surface area contributed by atoms with Gasteiger partial charge in [0.05, 0.1) is 24.2 Å². The fourth-order valence-corrected chi connectivity index (χ4v) is 4.73. The molecule has 0 aromatic heterocycles. The molecule has 2 N–H and O–H groups in total. The minimum Gasteiger partial charge on any atom is -0.457 e. The van der Waals surface area contributed by atoms with Gasteiger partial charge >= 0.3 is 18.1 Å². The third-order valence-corrected chi connectivity index (χ3v) is 6.91. The van der Waals surface area contributed by atoms with Gasteiger partial charge in [-0.25, -0.2) is 4.79 Å². The summed E-state index contributed by atoms with van der Waals surface area (Å²) < 4.78 is 47.3. The molecule has 232 valence electrons. The number of para-hydroxylation sites is 1. The topological polar surface area (TPSA) is 119 Å². The molecule has 0 fully saturated rings. The Balaban J connectivity index is 1.58. The molecule has 12 heteroatoms. The van der Waals surface area contributed by atoms with Crippen LogP contribution in [0.15, 0.2) is 72.8 Å². The molecule has 0 spiro atoms. The van der Waals surface area contributed by atoms with E-state index in [1.54, 1.807) is 30.3 Å². The van der Waals surface area contributed by atoms with Crippen LogP contribution in [0.3, 0.4) is 0 Å². The molecule has 0 atom stereocenters. The molecule has 1 aliphatic heterocycles. The van der Waals surface area contributed by atoms with Crippen molar-refractivity contribution in [3.8, 4) is 11.5 Å². The lowest BCUT2D eigenvalue weighted by atomic mass is 10.0. The summed E-state index contributed by atoms with van der Waals surface area (Å²) in [4.78, 5) is 52.8. The number of unbranched alkanes of at least 4 members (excludes halogenated alkanes) is 2. The van der Waals surface area contributed by atoms with Crippen molar-refractivity contribution in [1.82, 2.24) is 4.90 Å². The Morgan fingerprint density at radius 1 is 0.864 bits per heavy atom. The smallest absolute Gasteiger partial charge is 0.457 e. The summed E-state index contributed by atoms with van der Waals surface area (Å²) in [7, 11) is 0. The maximum atomic E-state index is 13.7. The molecule has 4 rings (SSSR count). The number of carbonyl (C=O) groups is 4. The van der Waals surface area contributed by atoms with Crippen molar-refractivity contribution in [3.05, 3.63) is 89.5 Å². The molecule has 0 saturated heterocycles. The number of ether oxygens (including phenoxy) is 2. The first-order valence-electron chi connectivity index (χ1n) is 14.1. The van der Waals surface area contributed by atoms with Crippen LogP contribution < -0.4 is 15.4 Å². The molecule has 0 saturated carbocycles. The van der Waals surface area contributed by atoms with E-state index in [1.807, 2.05) is 42.5 Å². The zero-order chi connectivity index (χ0) is 31.7. The van der Waals surface area contributed by atoms with E-state index < -0.39 is 49.4 Å². The minimum atomic E-state index is -5.34. The number of aryl methyl sites for hydroxylation is 1. The van der Waals surface area contributed by atoms with E-state index >= 15 is 0 Å². The number of fused-ring (bicyclic) bond motifs is 1. The summed E-state index contributed by atoms with van der Waals surface area (Å²) in [6, 6.07) is 21.6. The third-order valence-electron chi connectivity index (χ3n) is 6.91. The average molecular weight is 612 g/mol. The van der Waals surface area contributed by atoms with Crippen LogP contribution in [0.4, 0.5) is 18.9 Å². The number of rotatable bonds is 12. The van der Waals surface area contributed by atoms with Crippen LogP contribution in [0.2, 0.25) is 0 Å². The van der Waals surface area contributed by atoms with Crippen molar-refractivity contribution in [2.75, 3.05) is 24.5 Å². The van der Waals surface area contributed by atoms with Gasteiger partial charge in [0.1, 0.15) is 18.0 Å². The molecule has 0 unspecified atom stereocenters. The molecule has 0 radical (unpaired) electrons. The number of nitrogens with two attached hydrogens (primary N) is 1. The number of amides is 2. The summed E-state index contributed by atoms with van der Waals surface area (Å²) in [5.41, 5.74) is 7.73. The maximum absolute atomic E-state index is 13.7. The van der Waals surface area contributed by atoms with Crippen LogP contribution in [-0.4, -0.2) is 54.5 Å². The monoisotopic (exact) mass is 611 g/mol. The minimum absolute atomic E-state index is 0.0942. The fourth-order valence-electron chi connectivity index (χ4n) is 4.73. The standard InChI is InChI=1S/C32H32F3N3O6/c33-32(34,35)31(42)44-29(40)15-17-37-21-28(39)38(20-23-9-7-12-25(18-23)43-24-10-4-1-5-11-24)27-14-13-22(8-3-2-6-16-36)19-26(27)30(37)41/h1,4-5,7,9-14,18-19H,2-3,6,8,15-17,20-21,36H2. The Morgan fingerprint density at radius 3 is 2.34 bits per heavy atom. The highest BCUT2D eigenvalue weighted by Gasteiger charge is 2.42. The highest BCUT2D eigenvalue weighted by atomic mass is 19.4. The van der Waals surface area contributed by atoms with Gasteiger partial charge in [-0.05, 0) is 73.3 Å². The second kappa shape index (κ2) is 14.6. The lowest BCUT2D eigenvalue weighted by molar-refractivity contribution is -0.201. The van der Waals surface area contributed by atoms with E-state index in [2.05, 4.69) is 4.74 Å². The molecular weight excluding hydrogens is 579 g/mol. The van der Waals surface area contributed by atoms with Gasteiger partial charge < -0.3 is 25.0 Å². The van der Waals surface area contributed by atoms with Crippen molar-refractivity contribution in [2.45, 2.75) is 44.8 Å². The fraction of sp³-hybridized carbons (Fsp3) is 0.312. The SMILES string of the molecule is NCCCCCc1ccc2c(c1)C(=O)N(CCC(=O)OC(=O)C(F)(F)F)CC(=O)N2Cc1cccc(Oc2ccccc2)c1. The van der Waals surface area contributed by atoms with Gasteiger partial charge in [0.2, 0.25) is 5.91 Å². The number of alkyl halides is 3. The number of halogens is 3. The number of benzene rings is 3. The zero-order valence-corrected chi connectivity index (χ0v) is 23.8. The van der Waals surface area contributed by atoms with Crippen LogP contribution in [0.5, 0.6) is 11.5 Å². The molecule has 1 aliphatic rings. The summed E-state index contributed by atoms with van der Waals surface area (Å²) in [6.45, 7) is -0.205. The Labute approximate surface area is 252 Å². The molecule has 0 bridgehead atoms. The lowest BCUT2D eigenvalue weighted by Crippen LogP contribution is -2.40. The number of esters is 2. The van der Waals surface area contributed by atoms with E-state index in [0.717, 1.165) is 35.3 Å². The first kappa shape index (κ1) is 32.2. The van der Waals surface area contributed by atoms with Gasteiger partial charge in [-0.2, -0.15) is 13.2 Å². The third kappa shape index (κ3) is 8.66. The normalized spacial score (nSPS) is 13.4. The van der Waals surface area contributed by atoms with Gasteiger partial charge in [0.25, 0.3) is 5.91 Å². The predicted molar refractivity (Wildman–Crippen MR) is 155 cm³/mol. The predicted octanol–water partition coefficient (Wildman–Crippen LogP) is 5.16. The number of anilines is 1. The van der Waals surface area contributed by atoms with Gasteiger partial charge in [0, 0.05) is 6.54 Å². The van der Waals surface area contributed by atoms with E-state index in [0.29, 0.717) is 30.2 Å². The first-order chi connectivity index (χ1) is 21.0. The van der Waals surface area contributed by atoms with Gasteiger partial charge in [-0.1, -0.05) is 42.8 Å². The highest BCUT2D eigenvalue weighted by molar-refractivity contribution is 6.09. The Bertz CT molecular complexity index is 1500. The number of nitrogens with zero attached hydrogens (tertiary/aromatic N) is 2. The van der Waals surface area contributed by atoms with E-state index in [9.17, 15) is 32.3 Å². The quantitative estimate of drug-likeness (QED) is 0.171. The molecule has 1 heterocycles. The van der Waals surface area contributed by atoms with E-state index in [1.165, 1.54) is 4.90 Å². The maximum Gasteiger partial charge on any atom is 0.491 e. The van der Waals surface area contributed by atoms with E-state index in [-0.39, 0.29) is 12.1 Å². The Hall–Kier alpha value is -4.71. The molecular formula is C32H32F3N3O6. The van der Waals surface area contributed by atoms with Crippen LogP contribution in [-0.2, 0) is 32.1 Å². The molecule has 0 aliphatic carbocycles. The van der Waals surface area contributed by atoms with E-state index in [4.69, 9.17) is 10.5 Å². The van der Waals surface area contributed by atoms with Crippen LogP contribution in [0.1, 0.15) is 47.2 Å². The second-order valence-corrected chi connectivity index (χ2v) is 10.2. The average Bonchev–Trinajstić information content (AvgIpc) is 3.08. The highest BCUT2D eigenvalue weighted by Crippen LogP contribution is 2.30. The van der Waals surface area contributed by atoms with Gasteiger partial charge in [-0.3, -0.25) is 14.4 Å².